The highest BCUT2D eigenvalue weighted by molar-refractivity contribution is 7.15. The van der Waals surface area contributed by atoms with Crippen LogP contribution in [-0.4, -0.2) is 25.1 Å². The normalized spacial score (nSPS) is 19.1. The molecule has 1 unspecified atom stereocenters. The third kappa shape index (κ3) is 2.86. The zero-order chi connectivity index (χ0) is 13.1. The van der Waals surface area contributed by atoms with Gasteiger partial charge in [0.2, 0.25) is 0 Å². The molecule has 4 heteroatoms. The van der Waals surface area contributed by atoms with Crippen LogP contribution < -0.4 is 10.2 Å². The van der Waals surface area contributed by atoms with Gasteiger partial charge in [0.05, 0.1) is 11.7 Å². The van der Waals surface area contributed by atoms with Crippen LogP contribution in [-0.2, 0) is 6.42 Å². The van der Waals surface area contributed by atoms with E-state index in [0.717, 1.165) is 13.1 Å². The molecule has 2 rings (SSSR count). The highest BCUT2D eigenvalue weighted by atomic mass is 32.1. The first-order valence-corrected chi connectivity index (χ1v) is 7.89. The summed E-state index contributed by atoms with van der Waals surface area (Å²) in [5, 5.41) is 4.62. The molecule has 18 heavy (non-hydrogen) atoms. The maximum absolute atomic E-state index is 4.91. The van der Waals surface area contributed by atoms with Crippen molar-refractivity contribution >= 4 is 16.5 Å². The van der Waals surface area contributed by atoms with Gasteiger partial charge in [-0.3, -0.25) is 0 Å². The molecule has 0 spiro atoms. The van der Waals surface area contributed by atoms with Crippen molar-refractivity contribution in [3.05, 3.63) is 10.6 Å². The average Bonchev–Trinajstić information content (AvgIpc) is 2.78. The average molecular weight is 267 g/mol. The van der Waals surface area contributed by atoms with Gasteiger partial charge in [-0.05, 0) is 39.2 Å². The van der Waals surface area contributed by atoms with Crippen molar-refractivity contribution in [2.24, 2.45) is 5.92 Å². The van der Waals surface area contributed by atoms with Crippen molar-refractivity contribution in [2.75, 3.05) is 25.0 Å². The molecule has 1 heterocycles. The molecule has 102 valence electrons. The van der Waals surface area contributed by atoms with Gasteiger partial charge in [-0.25, -0.2) is 4.98 Å². The van der Waals surface area contributed by atoms with Crippen LogP contribution in [0.5, 0.6) is 0 Å². The maximum Gasteiger partial charge on any atom is 0.185 e. The van der Waals surface area contributed by atoms with Gasteiger partial charge in [0.25, 0.3) is 0 Å². The summed E-state index contributed by atoms with van der Waals surface area (Å²) in [7, 11) is 2.05. The molecule has 0 aliphatic heterocycles. The van der Waals surface area contributed by atoms with Crippen LogP contribution in [0.15, 0.2) is 0 Å². The summed E-state index contributed by atoms with van der Waals surface area (Å²) >= 11 is 1.90. The van der Waals surface area contributed by atoms with E-state index in [4.69, 9.17) is 4.98 Å². The smallest absolute Gasteiger partial charge is 0.185 e. The predicted octanol–water partition coefficient (Wildman–Crippen LogP) is 3.22. The molecule has 1 atom stereocenters. The molecular formula is C14H25N3S. The number of aryl methyl sites for hydroxylation is 1. The summed E-state index contributed by atoms with van der Waals surface area (Å²) in [4.78, 5) is 8.82. The summed E-state index contributed by atoms with van der Waals surface area (Å²) in [6.45, 7) is 8.92. The first-order chi connectivity index (χ1) is 8.65. The molecular weight excluding hydrogens is 242 g/mol. The molecule has 0 saturated heterocycles. The van der Waals surface area contributed by atoms with Crippen molar-refractivity contribution in [3.8, 4) is 0 Å². The molecule has 0 fully saturated rings. The Bertz CT molecular complexity index is 386. The van der Waals surface area contributed by atoms with E-state index in [1.54, 1.807) is 0 Å². The van der Waals surface area contributed by atoms with E-state index in [1.807, 2.05) is 18.4 Å². The summed E-state index contributed by atoms with van der Waals surface area (Å²) in [6.07, 6.45) is 3.73. The van der Waals surface area contributed by atoms with Crippen LogP contribution in [0.1, 0.15) is 50.2 Å². The zero-order valence-corrected chi connectivity index (χ0v) is 12.8. The number of nitrogens with zero attached hydrogens (tertiary/aromatic N) is 2. The number of nitrogens with one attached hydrogen (secondary N) is 1. The Hall–Kier alpha value is -0.610. The minimum atomic E-state index is 0.469. The minimum absolute atomic E-state index is 0.469. The van der Waals surface area contributed by atoms with Gasteiger partial charge in [0.15, 0.2) is 5.13 Å². The van der Waals surface area contributed by atoms with E-state index in [1.165, 1.54) is 35.0 Å². The van der Waals surface area contributed by atoms with Gasteiger partial charge in [0.1, 0.15) is 0 Å². The molecule has 0 aromatic carbocycles. The largest absolute Gasteiger partial charge is 0.348 e. The summed E-state index contributed by atoms with van der Waals surface area (Å²) < 4.78 is 0. The topological polar surface area (TPSA) is 28.2 Å². The van der Waals surface area contributed by atoms with Crippen molar-refractivity contribution < 1.29 is 0 Å². The van der Waals surface area contributed by atoms with E-state index in [9.17, 15) is 0 Å². The molecule has 0 radical (unpaired) electrons. The number of aromatic nitrogens is 1. The Morgan fingerprint density at radius 3 is 2.89 bits per heavy atom. The number of rotatable bonds is 5. The van der Waals surface area contributed by atoms with Crippen LogP contribution in [0, 0.1) is 5.92 Å². The van der Waals surface area contributed by atoms with Crippen molar-refractivity contribution in [1.82, 2.24) is 10.3 Å². The third-order valence-corrected chi connectivity index (χ3v) is 4.72. The lowest BCUT2D eigenvalue weighted by Gasteiger charge is -2.22. The fraction of sp³-hybridized carbons (Fsp3) is 0.786. The van der Waals surface area contributed by atoms with Crippen LogP contribution >= 0.6 is 11.3 Å². The van der Waals surface area contributed by atoms with Gasteiger partial charge in [-0.2, -0.15) is 0 Å². The number of anilines is 1. The maximum atomic E-state index is 4.91. The van der Waals surface area contributed by atoms with Gasteiger partial charge < -0.3 is 10.2 Å². The highest BCUT2D eigenvalue weighted by Crippen LogP contribution is 2.36. The SMILES string of the molecule is CCN(CC(C)C)c1nc2c(s1)CCCC2NC. The van der Waals surface area contributed by atoms with E-state index in [2.05, 4.69) is 31.0 Å². The highest BCUT2D eigenvalue weighted by Gasteiger charge is 2.24. The Morgan fingerprint density at radius 2 is 2.28 bits per heavy atom. The Labute approximate surface area is 115 Å². The number of hydrogen-bond acceptors (Lipinski definition) is 4. The number of thiazole rings is 1. The fourth-order valence-electron chi connectivity index (χ4n) is 2.61. The quantitative estimate of drug-likeness (QED) is 0.888. The molecule has 0 bridgehead atoms. The molecule has 3 nitrogen and oxygen atoms in total. The van der Waals surface area contributed by atoms with Crippen LogP contribution in [0.25, 0.3) is 0 Å². The molecule has 0 saturated carbocycles. The number of fused-ring (bicyclic) bond motifs is 1. The van der Waals surface area contributed by atoms with Crippen molar-refractivity contribution in [1.29, 1.82) is 0 Å². The Kier molecular flexibility index (Phi) is 4.62. The Morgan fingerprint density at radius 1 is 1.50 bits per heavy atom. The van der Waals surface area contributed by atoms with Gasteiger partial charge in [0, 0.05) is 18.0 Å². The minimum Gasteiger partial charge on any atom is -0.348 e. The Balaban J connectivity index is 2.21. The van der Waals surface area contributed by atoms with Gasteiger partial charge >= 0.3 is 0 Å². The van der Waals surface area contributed by atoms with Crippen LogP contribution in [0.4, 0.5) is 5.13 Å². The predicted molar refractivity (Wildman–Crippen MR) is 79.6 cm³/mol. The van der Waals surface area contributed by atoms with E-state index < -0.39 is 0 Å². The second-order valence-corrected chi connectivity index (χ2v) is 6.53. The van der Waals surface area contributed by atoms with E-state index >= 15 is 0 Å². The summed E-state index contributed by atoms with van der Waals surface area (Å²) in [5.74, 6) is 0.686. The van der Waals surface area contributed by atoms with Gasteiger partial charge in [-0.1, -0.05) is 13.8 Å². The van der Waals surface area contributed by atoms with E-state index in [0.29, 0.717) is 12.0 Å². The van der Waals surface area contributed by atoms with E-state index in [-0.39, 0.29) is 0 Å². The molecule has 1 aliphatic rings. The van der Waals surface area contributed by atoms with Crippen LogP contribution in [0.2, 0.25) is 0 Å². The summed E-state index contributed by atoms with van der Waals surface area (Å²) in [5.41, 5.74) is 1.31. The molecule has 1 aromatic rings. The number of hydrogen-bond donors (Lipinski definition) is 1. The molecule has 1 aliphatic carbocycles. The monoisotopic (exact) mass is 267 g/mol. The molecule has 1 aromatic heterocycles. The fourth-order valence-corrected chi connectivity index (χ4v) is 3.84. The first kappa shape index (κ1) is 13.8. The van der Waals surface area contributed by atoms with Crippen LogP contribution in [0.3, 0.4) is 0 Å². The summed E-state index contributed by atoms with van der Waals surface area (Å²) in [6, 6.07) is 0.469. The second kappa shape index (κ2) is 6.02. The lowest BCUT2D eigenvalue weighted by Crippen LogP contribution is -2.27. The second-order valence-electron chi connectivity index (χ2n) is 5.47. The lowest BCUT2D eigenvalue weighted by molar-refractivity contribution is 0.489. The third-order valence-electron chi connectivity index (χ3n) is 3.53. The van der Waals surface area contributed by atoms with Crippen molar-refractivity contribution in [2.45, 2.75) is 46.1 Å². The zero-order valence-electron chi connectivity index (χ0n) is 12.0. The molecule has 1 N–H and O–H groups in total. The van der Waals surface area contributed by atoms with Gasteiger partial charge in [-0.15, -0.1) is 11.3 Å². The standard InChI is InChI=1S/C14H25N3S/c1-5-17(9-10(2)3)14-16-13-11(15-4)7-6-8-12(13)18-14/h10-11,15H,5-9H2,1-4H3. The molecule has 0 amide bonds. The lowest BCUT2D eigenvalue weighted by atomic mass is 9.98. The van der Waals surface area contributed by atoms with Crippen molar-refractivity contribution in [3.63, 3.8) is 0 Å². The first-order valence-electron chi connectivity index (χ1n) is 7.07.